The number of fused-ring (bicyclic) bond motifs is 2. The Bertz CT molecular complexity index is 1170. The maximum absolute atomic E-state index is 14.8. The van der Waals surface area contributed by atoms with Crippen molar-refractivity contribution in [2.45, 2.75) is 43.6 Å². The summed E-state index contributed by atoms with van der Waals surface area (Å²) in [7, 11) is 0. The lowest BCUT2D eigenvalue weighted by Gasteiger charge is -2.26. The van der Waals surface area contributed by atoms with Gasteiger partial charge >= 0.3 is 6.18 Å². The lowest BCUT2D eigenvalue weighted by atomic mass is 9.95. The molecule has 2 fully saturated rings. The molecule has 0 spiro atoms. The molecular formula is C23H19F4N5O. The van der Waals surface area contributed by atoms with E-state index in [1.807, 2.05) is 0 Å². The van der Waals surface area contributed by atoms with Crippen LogP contribution in [-0.4, -0.2) is 43.9 Å². The maximum Gasteiger partial charge on any atom is 0.434 e. The van der Waals surface area contributed by atoms with Crippen LogP contribution in [-0.2, 0) is 6.18 Å². The smallest absolute Gasteiger partial charge is 0.364 e. The second-order valence-electron chi connectivity index (χ2n) is 8.18. The lowest BCUT2D eigenvalue weighted by Crippen LogP contribution is -2.40. The molecule has 2 bridgehead atoms. The van der Waals surface area contributed by atoms with Crippen LogP contribution in [0.3, 0.4) is 0 Å². The van der Waals surface area contributed by atoms with Crippen LogP contribution in [0, 0.1) is 5.82 Å². The van der Waals surface area contributed by atoms with Gasteiger partial charge in [-0.1, -0.05) is 6.07 Å². The number of halogens is 4. The van der Waals surface area contributed by atoms with Crippen molar-refractivity contribution in [2.24, 2.45) is 0 Å². The number of nitrogens with one attached hydrogen (secondary N) is 1. The molecule has 5 rings (SSSR count). The number of nitrogens with zero attached hydrogens (tertiary/aromatic N) is 4. The molecule has 3 atom stereocenters. The van der Waals surface area contributed by atoms with E-state index < -0.39 is 17.7 Å². The van der Waals surface area contributed by atoms with E-state index >= 15 is 0 Å². The van der Waals surface area contributed by atoms with Crippen LogP contribution < -0.4 is 5.32 Å². The van der Waals surface area contributed by atoms with Crippen molar-refractivity contribution >= 4 is 11.7 Å². The minimum Gasteiger partial charge on any atom is -0.364 e. The molecule has 3 unspecified atom stereocenters. The van der Waals surface area contributed by atoms with Gasteiger partial charge in [0.25, 0.3) is 5.91 Å². The molecule has 0 aliphatic carbocycles. The summed E-state index contributed by atoms with van der Waals surface area (Å²) >= 11 is 0. The molecule has 2 aromatic heterocycles. The van der Waals surface area contributed by atoms with E-state index in [1.165, 1.54) is 12.1 Å². The number of pyridine rings is 1. The summed E-state index contributed by atoms with van der Waals surface area (Å²) < 4.78 is 53.0. The Labute approximate surface area is 186 Å². The molecule has 0 radical (unpaired) electrons. The number of aromatic nitrogens is 3. The second-order valence-corrected chi connectivity index (χ2v) is 8.18. The Morgan fingerprint density at radius 3 is 2.55 bits per heavy atom. The number of hydrogen-bond donors (Lipinski definition) is 1. The van der Waals surface area contributed by atoms with Crippen molar-refractivity contribution in [2.75, 3.05) is 5.32 Å². The number of benzene rings is 1. The van der Waals surface area contributed by atoms with Gasteiger partial charge in [0.15, 0.2) is 5.69 Å². The Kier molecular flexibility index (Phi) is 5.22. The Morgan fingerprint density at radius 2 is 1.85 bits per heavy atom. The molecule has 1 aromatic carbocycles. The SMILES string of the molecule is O=C(c1cccc(F)c1-c1ccncc1)N1C2CCC1C(Nc1cnc(C(F)(F)F)cn1)C2. The molecule has 4 heterocycles. The highest BCUT2D eigenvalue weighted by molar-refractivity contribution is 6.01. The predicted octanol–water partition coefficient (Wildman–Crippen LogP) is 4.55. The Morgan fingerprint density at radius 1 is 1.06 bits per heavy atom. The van der Waals surface area contributed by atoms with Crippen molar-refractivity contribution < 1.29 is 22.4 Å². The summed E-state index contributed by atoms with van der Waals surface area (Å²) in [6.07, 6.45) is 2.44. The molecule has 2 aliphatic heterocycles. The number of carbonyl (C=O) groups excluding carboxylic acids is 1. The second kappa shape index (κ2) is 8.09. The summed E-state index contributed by atoms with van der Waals surface area (Å²) in [5, 5.41) is 3.13. The van der Waals surface area contributed by atoms with Gasteiger partial charge in [0.1, 0.15) is 11.6 Å². The quantitative estimate of drug-likeness (QED) is 0.582. The van der Waals surface area contributed by atoms with E-state index in [-0.39, 0.29) is 41.0 Å². The van der Waals surface area contributed by atoms with Crippen molar-refractivity contribution in [3.8, 4) is 11.1 Å². The molecule has 33 heavy (non-hydrogen) atoms. The highest BCUT2D eigenvalue weighted by atomic mass is 19.4. The van der Waals surface area contributed by atoms with E-state index in [4.69, 9.17) is 0 Å². The number of anilines is 1. The van der Waals surface area contributed by atoms with Crippen LogP contribution in [0.5, 0.6) is 0 Å². The Balaban J connectivity index is 1.39. The van der Waals surface area contributed by atoms with Gasteiger partial charge in [0.2, 0.25) is 0 Å². The van der Waals surface area contributed by atoms with Gasteiger partial charge in [-0.3, -0.25) is 9.78 Å². The molecule has 6 nitrogen and oxygen atoms in total. The number of amides is 1. The monoisotopic (exact) mass is 457 g/mol. The third-order valence-electron chi connectivity index (χ3n) is 6.26. The van der Waals surface area contributed by atoms with Gasteiger partial charge in [-0.2, -0.15) is 13.2 Å². The zero-order chi connectivity index (χ0) is 23.2. The molecule has 170 valence electrons. The van der Waals surface area contributed by atoms with Crippen molar-refractivity contribution in [3.05, 3.63) is 72.2 Å². The lowest BCUT2D eigenvalue weighted by molar-refractivity contribution is -0.141. The van der Waals surface area contributed by atoms with Crippen molar-refractivity contribution in [1.29, 1.82) is 0 Å². The third kappa shape index (κ3) is 3.90. The van der Waals surface area contributed by atoms with Crippen LogP contribution in [0.15, 0.2) is 55.1 Å². The summed E-state index contributed by atoms with van der Waals surface area (Å²) in [6.45, 7) is 0. The van der Waals surface area contributed by atoms with Crippen LogP contribution in [0.1, 0.15) is 35.3 Å². The van der Waals surface area contributed by atoms with E-state index in [2.05, 4.69) is 20.3 Å². The molecule has 1 N–H and O–H groups in total. The molecule has 10 heteroatoms. The Hall–Kier alpha value is -3.56. The molecular weight excluding hydrogens is 438 g/mol. The summed E-state index contributed by atoms with van der Waals surface area (Å²) in [5.41, 5.74) is 0.00243. The first kappa shape index (κ1) is 21.3. The highest BCUT2D eigenvalue weighted by Crippen LogP contribution is 2.41. The van der Waals surface area contributed by atoms with Crippen LogP contribution in [0.4, 0.5) is 23.4 Å². The maximum atomic E-state index is 14.8. The zero-order valence-corrected chi connectivity index (χ0v) is 17.3. The molecule has 3 aromatic rings. The first-order valence-corrected chi connectivity index (χ1v) is 10.5. The van der Waals surface area contributed by atoms with E-state index in [0.717, 1.165) is 19.0 Å². The predicted molar refractivity (Wildman–Crippen MR) is 112 cm³/mol. The number of rotatable bonds is 4. The number of hydrogen-bond acceptors (Lipinski definition) is 5. The van der Waals surface area contributed by atoms with E-state index in [9.17, 15) is 22.4 Å². The number of alkyl halides is 3. The van der Waals surface area contributed by atoms with Crippen LogP contribution in [0.25, 0.3) is 11.1 Å². The highest BCUT2D eigenvalue weighted by Gasteiger charge is 2.49. The van der Waals surface area contributed by atoms with Crippen molar-refractivity contribution in [1.82, 2.24) is 19.9 Å². The van der Waals surface area contributed by atoms with Gasteiger partial charge in [0, 0.05) is 24.0 Å². The molecule has 1 amide bonds. The standard InChI is InChI=1S/C23H19F4N5O/c24-16-3-1-2-15(21(16)13-6-8-28-9-7-13)22(33)32-14-4-5-18(32)17(10-14)31-20-12-29-19(11-30-20)23(25,26)27/h1-3,6-9,11-12,14,17-18H,4-5,10H2,(H,30,31). The van der Waals surface area contributed by atoms with E-state index in [1.54, 1.807) is 35.5 Å². The van der Waals surface area contributed by atoms with Gasteiger partial charge < -0.3 is 10.2 Å². The minimum atomic E-state index is -4.56. The number of carbonyl (C=O) groups is 1. The third-order valence-corrected chi connectivity index (χ3v) is 6.26. The summed E-state index contributed by atoms with van der Waals surface area (Å²) in [6, 6.07) is 7.34. The average molecular weight is 457 g/mol. The fraction of sp³-hybridized carbons (Fsp3) is 0.304. The first-order chi connectivity index (χ1) is 15.8. The average Bonchev–Trinajstić information content (AvgIpc) is 3.36. The summed E-state index contributed by atoms with van der Waals surface area (Å²) in [5.74, 6) is -0.541. The minimum absolute atomic E-state index is 0.0454. The molecule has 2 saturated heterocycles. The molecule has 2 aliphatic rings. The van der Waals surface area contributed by atoms with Gasteiger partial charge in [-0.15, -0.1) is 0 Å². The topological polar surface area (TPSA) is 71.0 Å². The molecule has 0 saturated carbocycles. The summed E-state index contributed by atoms with van der Waals surface area (Å²) in [4.78, 5) is 26.6. The first-order valence-electron chi connectivity index (χ1n) is 10.5. The van der Waals surface area contributed by atoms with E-state index in [0.29, 0.717) is 18.2 Å². The van der Waals surface area contributed by atoms with Crippen LogP contribution >= 0.6 is 0 Å². The fourth-order valence-electron chi connectivity index (χ4n) is 4.85. The van der Waals surface area contributed by atoms with Gasteiger partial charge in [-0.25, -0.2) is 14.4 Å². The van der Waals surface area contributed by atoms with Gasteiger partial charge in [0.05, 0.1) is 30.0 Å². The van der Waals surface area contributed by atoms with Crippen molar-refractivity contribution in [3.63, 3.8) is 0 Å². The van der Waals surface area contributed by atoms with Gasteiger partial charge in [-0.05, 0) is 49.1 Å². The van der Waals surface area contributed by atoms with Crippen LogP contribution in [0.2, 0.25) is 0 Å². The fourth-order valence-corrected chi connectivity index (χ4v) is 4.85. The largest absolute Gasteiger partial charge is 0.434 e. The normalized spacial score (nSPS) is 21.9. The zero-order valence-electron chi connectivity index (χ0n) is 17.3.